The van der Waals surface area contributed by atoms with Gasteiger partial charge in [-0.1, -0.05) is 30.3 Å². The van der Waals surface area contributed by atoms with E-state index < -0.39 is 7.60 Å². The Bertz CT molecular complexity index is 403. The summed E-state index contributed by atoms with van der Waals surface area (Å²) in [6.07, 6.45) is 0.185. The molecule has 0 amide bonds. The third kappa shape index (κ3) is 6.16. The normalized spacial score (nSPS) is 12.0. The summed E-state index contributed by atoms with van der Waals surface area (Å²) in [7, 11) is -3.13. The van der Waals surface area contributed by atoms with Gasteiger partial charge in [0.1, 0.15) is 6.29 Å². The van der Waals surface area contributed by atoms with Crippen LogP contribution >= 0.6 is 7.60 Å². The van der Waals surface area contributed by atoms with Crippen molar-refractivity contribution >= 4 is 7.60 Å². The van der Waals surface area contributed by atoms with Crippen molar-refractivity contribution in [1.29, 1.82) is 0 Å². The minimum atomic E-state index is -3.13. The van der Waals surface area contributed by atoms with Crippen molar-refractivity contribution < 1.29 is 18.7 Å². The van der Waals surface area contributed by atoms with Crippen molar-refractivity contribution in [2.45, 2.75) is 20.4 Å². The lowest BCUT2D eigenvalue weighted by molar-refractivity contribution is 0.173. The van der Waals surface area contributed by atoms with Gasteiger partial charge in [0.25, 0.3) is 0 Å². The van der Waals surface area contributed by atoms with Crippen molar-refractivity contribution in [3.63, 3.8) is 0 Å². The molecule has 0 radical (unpaired) electrons. The molecule has 20 heavy (non-hydrogen) atoms. The summed E-state index contributed by atoms with van der Waals surface area (Å²) >= 11 is 0. The third-order valence-corrected chi connectivity index (χ3v) is 4.74. The zero-order chi connectivity index (χ0) is 14.8. The maximum Gasteiger partial charge on any atom is 0.344 e. The number of rotatable bonds is 10. The molecule has 0 spiro atoms. The van der Waals surface area contributed by atoms with Crippen LogP contribution in [0, 0.1) is 0 Å². The first-order valence-electron chi connectivity index (χ1n) is 6.88. The summed E-state index contributed by atoms with van der Waals surface area (Å²) in [5.74, 6) is 0. The minimum Gasteiger partial charge on any atom is -0.395 e. The second kappa shape index (κ2) is 9.27. The molecule has 1 aromatic carbocycles. The molecule has 0 saturated heterocycles. The van der Waals surface area contributed by atoms with Gasteiger partial charge in [0, 0.05) is 13.1 Å². The molecule has 1 N–H and O–H groups in total. The lowest BCUT2D eigenvalue weighted by atomic mass is 10.2. The van der Waals surface area contributed by atoms with Gasteiger partial charge in [-0.3, -0.25) is 9.46 Å². The second-order valence-electron chi connectivity index (χ2n) is 4.35. The Balaban J connectivity index is 2.72. The van der Waals surface area contributed by atoms with Gasteiger partial charge in [-0.15, -0.1) is 0 Å². The Morgan fingerprint density at radius 2 is 1.75 bits per heavy atom. The van der Waals surface area contributed by atoms with Crippen LogP contribution in [-0.2, 0) is 20.2 Å². The molecule has 0 aromatic heterocycles. The Morgan fingerprint density at radius 3 is 2.25 bits per heavy atom. The highest BCUT2D eigenvalue weighted by molar-refractivity contribution is 7.53. The van der Waals surface area contributed by atoms with E-state index in [0.717, 1.165) is 5.56 Å². The van der Waals surface area contributed by atoms with Crippen LogP contribution in [0.15, 0.2) is 30.3 Å². The van der Waals surface area contributed by atoms with Gasteiger partial charge in [0.05, 0.1) is 19.8 Å². The predicted molar refractivity (Wildman–Crippen MR) is 79.7 cm³/mol. The van der Waals surface area contributed by atoms with E-state index in [1.807, 2.05) is 35.2 Å². The Kier molecular flexibility index (Phi) is 8.04. The number of benzene rings is 1. The summed E-state index contributed by atoms with van der Waals surface area (Å²) in [6.45, 7) is 5.30. The van der Waals surface area contributed by atoms with Gasteiger partial charge in [-0.25, -0.2) is 0 Å². The van der Waals surface area contributed by atoms with Crippen LogP contribution in [0.2, 0.25) is 0 Å². The largest absolute Gasteiger partial charge is 0.395 e. The maximum absolute atomic E-state index is 12.5. The van der Waals surface area contributed by atoms with E-state index in [1.165, 1.54) is 0 Å². The van der Waals surface area contributed by atoms with Crippen molar-refractivity contribution in [1.82, 2.24) is 4.90 Å². The van der Waals surface area contributed by atoms with Gasteiger partial charge in [-0.05, 0) is 19.4 Å². The monoisotopic (exact) mass is 301 g/mol. The lowest BCUT2D eigenvalue weighted by Crippen LogP contribution is -2.28. The quantitative estimate of drug-likeness (QED) is 0.673. The second-order valence-corrected chi connectivity index (χ2v) is 6.37. The minimum absolute atomic E-state index is 0.00504. The molecule has 114 valence electrons. The van der Waals surface area contributed by atoms with Crippen molar-refractivity contribution in [2.24, 2.45) is 0 Å². The molecular weight excluding hydrogens is 277 g/mol. The number of hydrogen-bond acceptors (Lipinski definition) is 5. The first-order chi connectivity index (χ1) is 9.63. The van der Waals surface area contributed by atoms with Crippen LogP contribution in [0.5, 0.6) is 0 Å². The molecule has 0 unspecified atom stereocenters. The summed E-state index contributed by atoms with van der Waals surface area (Å²) in [4.78, 5) is 1.89. The lowest BCUT2D eigenvalue weighted by Gasteiger charge is -2.26. The summed E-state index contributed by atoms with van der Waals surface area (Å²) in [5, 5.41) is 9.16. The first kappa shape index (κ1) is 17.3. The molecule has 5 nitrogen and oxygen atoms in total. The summed E-state index contributed by atoms with van der Waals surface area (Å²) < 4.78 is 23.1. The maximum atomic E-state index is 12.5. The fraction of sp³-hybridized carbons (Fsp3) is 0.571. The van der Waals surface area contributed by atoms with Crippen molar-refractivity contribution in [2.75, 3.05) is 32.7 Å². The molecule has 6 heteroatoms. The van der Waals surface area contributed by atoms with E-state index in [2.05, 4.69) is 0 Å². The highest BCUT2D eigenvalue weighted by Crippen LogP contribution is 2.48. The molecule has 0 aliphatic carbocycles. The van der Waals surface area contributed by atoms with Gasteiger partial charge < -0.3 is 14.2 Å². The molecular formula is C14H24NO4P. The van der Waals surface area contributed by atoms with Gasteiger partial charge >= 0.3 is 7.60 Å². The zero-order valence-corrected chi connectivity index (χ0v) is 13.1. The highest BCUT2D eigenvalue weighted by Gasteiger charge is 2.27. The van der Waals surface area contributed by atoms with Crippen LogP contribution in [0.4, 0.5) is 0 Å². The number of nitrogens with zero attached hydrogens (tertiary/aromatic N) is 1. The van der Waals surface area contributed by atoms with Crippen LogP contribution in [0.25, 0.3) is 0 Å². The van der Waals surface area contributed by atoms with Crippen LogP contribution in [-0.4, -0.2) is 42.7 Å². The molecule has 0 aliphatic heterocycles. The standard InChI is InChI=1S/C14H24NO4P/c1-3-18-20(17,19-4-2)13-15(10-11-16)12-14-8-6-5-7-9-14/h5-9,16H,3-4,10-13H2,1-2H3. The topological polar surface area (TPSA) is 59.0 Å². The Labute approximate surface area is 121 Å². The van der Waals surface area contributed by atoms with Crippen molar-refractivity contribution in [3.05, 3.63) is 35.9 Å². The first-order valence-corrected chi connectivity index (χ1v) is 8.61. The average Bonchev–Trinajstić information content (AvgIpc) is 2.40. The fourth-order valence-electron chi connectivity index (χ4n) is 1.94. The summed E-state index contributed by atoms with van der Waals surface area (Å²) in [6, 6.07) is 9.85. The SMILES string of the molecule is CCOP(=O)(CN(CCO)Cc1ccccc1)OCC. The van der Waals surface area contributed by atoms with E-state index >= 15 is 0 Å². The number of aliphatic hydroxyl groups excluding tert-OH is 1. The Morgan fingerprint density at radius 1 is 1.15 bits per heavy atom. The van der Waals surface area contributed by atoms with Crippen LogP contribution < -0.4 is 0 Å². The zero-order valence-electron chi connectivity index (χ0n) is 12.2. The molecule has 0 fully saturated rings. The van der Waals surface area contributed by atoms with Gasteiger partial charge in [0.15, 0.2) is 0 Å². The van der Waals surface area contributed by atoms with E-state index in [-0.39, 0.29) is 12.9 Å². The third-order valence-electron chi connectivity index (χ3n) is 2.69. The predicted octanol–water partition coefficient (Wildman–Crippen LogP) is 2.70. The van der Waals surface area contributed by atoms with E-state index in [1.54, 1.807) is 13.8 Å². The van der Waals surface area contributed by atoms with Gasteiger partial charge in [0.2, 0.25) is 0 Å². The average molecular weight is 301 g/mol. The highest BCUT2D eigenvalue weighted by atomic mass is 31.2. The molecule has 0 heterocycles. The Hall–Kier alpha value is -0.710. The van der Waals surface area contributed by atoms with E-state index in [9.17, 15) is 4.57 Å². The fourth-order valence-corrected chi connectivity index (χ4v) is 3.70. The molecule has 0 bridgehead atoms. The summed E-state index contributed by atoms with van der Waals surface area (Å²) in [5.41, 5.74) is 1.10. The molecule has 1 rings (SSSR count). The van der Waals surface area contributed by atoms with E-state index in [0.29, 0.717) is 26.3 Å². The van der Waals surface area contributed by atoms with E-state index in [4.69, 9.17) is 14.2 Å². The van der Waals surface area contributed by atoms with Crippen LogP contribution in [0.1, 0.15) is 19.4 Å². The number of aliphatic hydroxyl groups is 1. The molecule has 0 atom stereocenters. The molecule has 1 aromatic rings. The van der Waals surface area contributed by atoms with Gasteiger partial charge in [-0.2, -0.15) is 0 Å². The van der Waals surface area contributed by atoms with Crippen molar-refractivity contribution in [3.8, 4) is 0 Å². The molecule has 0 aliphatic rings. The van der Waals surface area contributed by atoms with Crippen LogP contribution in [0.3, 0.4) is 0 Å². The molecule has 0 saturated carbocycles. The smallest absolute Gasteiger partial charge is 0.344 e. The number of hydrogen-bond donors (Lipinski definition) is 1.